The topological polar surface area (TPSA) is 50.7 Å². The molecule has 0 aliphatic heterocycles. The van der Waals surface area contributed by atoms with Gasteiger partial charge in [0.2, 0.25) is 0 Å². The van der Waals surface area contributed by atoms with Gasteiger partial charge in [-0.15, -0.1) is 11.3 Å². The molecule has 1 N–H and O–H groups in total. The van der Waals surface area contributed by atoms with Gasteiger partial charge in [-0.25, -0.2) is 15.0 Å². The van der Waals surface area contributed by atoms with E-state index in [0.29, 0.717) is 5.82 Å². The minimum Gasteiger partial charge on any atom is -0.372 e. The Morgan fingerprint density at radius 1 is 1.10 bits per heavy atom. The van der Waals surface area contributed by atoms with E-state index in [0.717, 1.165) is 31.3 Å². The molecule has 0 aliphatic rings. The van der Waals surface area contributed by atoms with Gasteiger partial charge < -0.3 is 5.32 Å². The van der Waals surface area contributed by atoms with Crippen LogP contribution in [-0.4, -0.2) is 22.0 Å². The highest BCUT2D eigenvalue weighted by Gasteiger charge is 2.15. The Hall–Kier alpha value is -1.54. The number of hydrogen-bond donors (Lipinski definition) is 1. The number of aromatic nitrogens is 3. The first kappa shape index (κ1) is 14.4. The predicted octanol–water partition coefficient (Wildman–Crippen LogP) is 4.22. The van der Waals surface area contributed by atoms with Crippen LogP contribution in [0.15, 0.2) is 35.7 Å². The van der Waals surface area contributed by atoms with Gasteiger partial charge in [-0.1, -0.05) is 30.3 Å². The molecule has 0 radical (unpaired) electrons. The van der Waals surface area contributed by atoms with E-state index >= 15 is 0 Å². The second kappa shape index (κ2) is 6.07. The van der Waals surface area contributed by atoms with E-state index in [4.69, 9.17) is 4.98 Å². The minimum absolute atomic E-state index is 0.664. The van der Waals surface area contributed by atoms with Crippen LogP contribution in [0.5, 0.6) is 0 Å². The highest BCUT2D eigenvalue weighted by atomic mass is 127. The van der Waals surface area contributed by atoms with Crippen LogP contribution in [0.25, 0.3) is 22.1 Å². The van der Waals surface area contributed by atoms with Crippen molar-refractivity contribution in [3.05, 3.63) is 45.0 Å². The molecule has 4 nitrogen and oxygen atoms in total. The number of anilines is 1. The Balaban J connectivity index is 2.20. The molecule has 1 aromatic carbocycles. The molecular weight excluding hydrogens is 395 g/mol. The molecule has 21 heavy (non-hydrogen) atoms. The quantitative estimate of drug-likeness (QED) is 0.660. The van der Waals surface area contributed by atoms with Crippen LogP contribution in [0.2, 0.25) is 0 Å². The Morgan fingerprint density at radius 2 is 1.86 bits per heavy atom. The lowest BCUT2D eigenvalue weighted by Crippen LogP contribution is -2.03. The Kier molecular flexibility index (Phi) is 4.16. The number of hydrogen-bond acceptors (Lipinski definition) is 5. The summed E-state index contributed by atoms with van der Waals surface area (Å²) in [6, 6.07) is 10.1. The molecule has 0 fully saturated rings. The highest BCUT2D eigenvalue weighted by Crippen LogP contribution is 2.31. The van der Waals surface area contributed by atoms with Crippen LogP contribution in [0.3, 0.4) is 0 Å². The van der Waals surface area contributed by atoms with Gasteiger partial charge >= 0.3 is 0 Å². The third-order valence-electron chi connectivity index (χ3n) is 2.95. The fraction of sp³-hybridized carbons (Fsp3) is 0.133. The van der Waals surface area contributed by atoms with Crippen LogP contribution in [0.1, 0.15) is 5.69 Å². The van der Waals surface area contributed by atoms with E-state index in [1.54, 1.807) is 11.3 Å². The average molecular weight is 408 g/mol. The molecule has 0 bridgehead atoms. The van der Waals surface area contributed by atoms with Crippen LogP contribution in [-0.2, 0) is 0 Å². The van der Waals surface area contributed by atoms with Crippen LogP contribution in [0.4, 0.5) is 5.82 Å². The van der Waals surface area contributed by atoms with E-state index in [-0.39, 0.29) is 0 Å². The third kappa shape index (κ3) is 2.91. The molecular formula is C15H13IN4S. The van der Waals surface area contributed by atoms with Crippen LogP contribution >= 0.6 is 33.9 Å². The second-order valence-corrected chi connectivity index (χ2v) is 6.41. The number of aryl methyl sites for hydroxylation is 1. The van der Waals surface area contributed by atoms with Crippen molar-refractivity contribution in [2.24, 2.45) is 0 Å². The lowest BCUT2D eigenvalue weighted by Gasteiger charge is -2.10. The maximum atomic E-state index is 4.72. The van der Waals surface area contributed by atoms with E-state index in [9.17, 15) is 0 Å². The molecule has 2 aromatic heterocycles. The standard InChI is InChI=1S/C15H13IN4S/c1-9-8-21-15(18-9)14-19-12(10-6-4-3-5-7-10)11(16)13(17-2)20-14/h3-8H,1-2H3,(H,17,19,20). The monoisotopic (exact) mass is 408 g/mol. The van der Waals surface area contributed by atoms with Gasteiger partial charge in [0.15, 0.2) is 10.8 Å². The minimum atomic E-state index is 0.664. The predicted molar refractivity (Wildman–Crippen MR) is 95.6 cm³/mol. The van der Waals surface area contributed by atoms with Crippen molar-refractivity contribution in [2.45, 2.75) is 6.92 Å². The molecule has 3 rings (SSSR count). The Morgan fingerprint density at radius 3 is 2.48 bits per heavy atom. The normalized spacial score (nSPS) is 10.6. The summed E-state index contributed by atoms with van der Waals surface area (Å²) in [5.74, 6) is 1.49. The number of nitrogens with zero attached hydrogens (tertiary/aromatic N) is 3. The number of rotatable bonds is 3. The fourth-order valence-corrected chi connectivity index (χ4v) is 3.50. The van der Waals surface area contributed by atoms with E-state index in [1.807, 2.05) is 37.6 Å². The summed E-state index contributed by atoms with van der Waals surface area (Å²) in [5.41, 5.74) is 3.00. The molecule has 3 aromatic rings. The summed E-state index contributed by atoms with van der Waals surface area (Å²) >= 11 is 3.85. The van der Waals surface area contributed by atoms with Crippen LogP contribution < -0.4 is 5.32 Å². The fourth-order valence-electron chi connectivity index (χ4n) is 1.95. The summed E-state index contributed by atoms with van der Waals surface area (Å²) in [4.78, 5) is 13.8. The molecule has 0 saturated heterocycles. The van der Waals surface area contributed by atoms with E-state index < -0.39 is 0 Å². The van der Waals surface area contributed by atoms with Crippen molar-refractivity contribution < 1.29 is 0 Å². The van der Waals surface area contributed by atoms with Crippen molar-refractivity contribution in [2.75, 3.05) is 12.4 Å². The number of halogens is 1. The number of nitrogens with one attached hydrogen (secondary N) is 1. The maximum Gasteiger partial charge on any atom is 0.191 e. The lowest BCUT2D eigenvalue weighted by atomic mass is 10.1. The molecule has 0 spiro atoms. The highest BCUT2D eigenvalue weighted by molar-refractivity contribution is 14.1. The SMILES string of the molecule is CNc1nc(-c2nc(C)cs2)nc(-c2ccccc2)c1I. The molecule has 106 valence electrons. The van der Waals surface area contributed by atoms with Crippen molar-refractivity contribution in [1.82, 2.24) is 15.0 Å². The second-order valence-electron chi connectivity index (χ2n) is 4.47. The van der Waals surface area contributed by atoms with Gasteiger partial charge in [0.25, 0.3) is 0 Å². The van der Waals surface area contributed by atoms with Crippen molar-refractivity contribution in [3.63, 3.8) is 0 Å². The van der Waals surface area contributed by atoms with Gasteiger partial charge in [-0.3, -0.25) is 0 Å². The van der Waals surface area contributed by atoms with Crippen molar-refractivity contribution in [1.29, 1.82) is 0 Å². The zero-order chi connectivity index (χ0) is 14.8. The van der Waals surface area contributed by atoms with Gasteiger partial charge in [0, 0.05) is 23.7 Å². The van der Waals surface area contributed by atoms with Crippen LogP contribution in [0, 0.1) is 10.5 Å². The summed E-state index contributed by atoms with van der Waals surface area (Å²) < 4.78 is 1.01. The number of thiazole rings is 1. The zero-order valence-corrected chi connectivity index (χ0v) is 14.6. The van der Waals surface area contributed by atoms with Gasteiger partial charge in [0.1, 0.15) is 5.82 Å². The van der Waals surface area contributed by atoms with Gasteiger partial charge in [-0.2, -0.15) is 0 Å². The molecule has 0 amide bonds. The lowest BCUT2D eigenvalue weighted by molar-refractivity contribution is 1.13. The third-order valence-corrected chi connectivity index (χ3v) is 4.92. The largest absolute Gasteiger partial charge is 0.372 e. The summed E-state index contributed by atoms with van der Waals surface area (Å²) in [6.45, 7) is 1.98. The molecule has 0 saturated carbocycles. The first-order valence-corrected chi connectivity index (χ1v) is 8.38. The van der Waals surface area contributed by atoms with E-state index in [1.165, 1.54) is 0 Å². The summed E-state index contributed by atoms with van der Waals surface area (Å²) in [7, 11) is 1.87. The summed E-state index contributed by atoms with van der Waals surface area (Å²) in [5, 5.41) is 6.00. The van der Waals surface area contributed by atoms with E-state index in [2.05, 4.69) is 50.0 Å². The molecule has 2 heterocycles. The van der Waals surface area contributed by atoms with Crippen molar-refractivity contribution in [3.8, 4) is 22.1 Å². The Bertz CT molecular complexity index is 771. The average Bonchev–Trinajstić information content (AvgIpc) is 2.95. The van der Waals surface area contributed by atoms with Crippen molar-refractivity contribution >= 4 is 39.7 Å². The van der Waals surface area contributed by atoms with Gasteiger partial charge in [0.05, 0.1) is 9.26 Å². The molecule has 0 aliphatic carbocycles. The first-order chi connectivity index (χ1) is 10.2. The summed E-state index contributed by atoms with van der Waals surface area (Å²) in [6.07, 6.45) is 0. The first-order valence-electron chi connectivity index (χ1n) is 6.42. The smallest absolute Gasteiger partial charge is 0.191 e. The molecule has 6 heteroatoms. The Labute approximate surface area is 140 Å². The number of benzene rings is 1. The van der Waals surface area contributed by atoms with Gasteiger partial charge in [-0.05, 0) is 29.5 Å². The molecule has 0 atom stereocenters. The maximum absolute atomic E-state index is 4.72. The molecule has 0 unspecified atom stereocenters. The zero-order valence-electron chi connectivity index (χ0n) is 11.6.